The number of halogens is 2. The fourth-order valence-electron chi connectivity index (χ4n) is 1.36. The van der Waals surface area contributed by atoms with Crippen LogP contribution in [-0.2, 0) is 0 Å². The fraction of sp³-hybridized carbons (Fsp3) is 0.0833. The largest absolute Gasteiger partial charge is 0.495 e. The Labute approximate surface area is 113 Å². The normalized spacial score (nSPS) is 10.1. The van der Waals surface area contributed by atoms with Gasteiger partial charge >= 0.3 is 0 Å². The highest BCUT2D eigenvalue weighted by atomic mass is 79.9. The lowest BCUT2D eigenvalue weighted by molar-refractivity contribution is 0.415. The summed E-state index contributed by atoms with van der Waals surface area (Å²) in [7, 11) is 1.59. The molecule has 0 spiro atoms. The van der Waals surface area contributed by atoms with Crippen LogP contribution in [0.1, 0.15) is 0 Å². The van der Waals surface area contributed by atoms with Crippen LogP contribution in [0.5, 0.6) is 5.75 Å². The molecule has 0 bridgehead atoms. The van der Waals surface area contributed by atoms with Crippen molar-refractivity contribution in [3.63, 3.8) is 0 Å². The molecule has 0 atom stereocenters. The molecule has 0 unspecified atom stereocenters. The van der Waals surface area contributed by atoms with Gasteiger partial charge in [-0.25, -0.2) is 4.98 Å². The molecule has 1 aromatic heterocycles. The second-order valence-corrected chi connectivity index (χ2v) is 4.54. The monoisotopic (exact) mass is 312 g/mol. The van der Waals surface area contributed by atoms with Crippen LogP contribution in [0.15, 0.2) is 41.0 Å². The number of ether oxygens (including phenoxy) is 1. The molecular weight excluding hydrogens is 304 g/mol. The average Bonchev–Trinajstić information content (AvgIpc) is 2.32. The van der Waals surface area contributed by atoms with Gasteiger partial charge in [0.2, 0.25) is 0 Å². The number of hydrogen-bond donors (Lipinski definition) is 1. The van der Waals surface area contributed by atoms with Crippen LogP contribution in [0.2, 0.25) is 5.02 Å². The maximum Gasteiger partial charge on any atom is 0.139 e. The molecule has 88 valence electrons. The Kier molecular flexibility index (Phi) is 3.86. The van der Waals surface area contributed by atoms with E-state index in [1.54, 1.807) is 13.2 Å². The molecule has 0 amide bonds. The van der Waals surface area contributed by atoms with Gasteiger partial charge in [0.1, 0.15) is 16.2 Å². The van der Waals surface area contributed by atoms with E-state index in [2.05, 4.69) is 26.2 Å². The van der Waals surface area contributed by atoms with E-state index in [4.69, 9.17) is 16.3 Å². The van der Waals surface area contributed by atoms with Crippen LogP contribution in [0.25, 0.3) is 0 Å². The number of methoxy groups -OCH3 is 1. The van der Waals surface area contributed by atoms with Gasteiger partial charge in [0.25, 0.3) is 0 Å². The predicted molar refractivity (Wildman–Crippen MR) is 73.2 cm³/mol. The third-order valence-corrected chi connectivity index (χ3v) is 2.89. The summed E-state index contributed by atoms with van der Waals surface area (Å²) in [5.74, 6) is 1.38. The number of nitrogens with zero attached hydrogens (tertiary/aromatic N) is 1. The molecule has 17 heavy (non-hydrogen) atoms. The average molecular weight is 314 g/mol. The molecule has 0 aliphatic carbocycles. The Hall–Kier alpha value is -1.26. The first-order chi connectivity index (χ1) is 8.19. The van der Waals surface area contributed by atoms with Gasteiger partial charge in [-0.15, -0.1) is 0 Å². The summed E-state index contributed by atoms with van der Waals surface area (Å²) < 4.78 is 5.93. The van der Waals surface area contributed by atoms with Crippen molar-refractivity contribution in [2.45, 2.75) is 0 Å². The SMILES string of the molecule is COc1cc(Nc2cccc(Br)n2)ccc1Cl. The van der Waals surface area contributed by atoms with E-state index >= 15 is 0 Å². The molecule has 0 fully saturated rings. The lowest BCUT2D eigenvalue weighted by Crippen LogP contribution is -1.94. The molecule has 0 radical (unpaired) electrons. The minimum atomic E-state index is 0.584. The van der Waals surface area contributed by atoms with Crippen molar-refractivity contribution < 1.29 is 4.74 Å². The lowest BCUT2D eigenvalue weighted by Gasteiger charge is -2.08. The lowest BCUT2D eigenvalue weighted by atomic mass is 10.3. The summed E-state index contributed by atoms with van der Waals surface area (Å²) in [5.41, 5.74) is 0.872. The molecule has 2 aromatic rings. The van der Waals surface area contributed by atoms with Crippen molar-refractivity contribution in [3.8, 4) is 5.75 Å². The zero-order chi connectivity index (χ0) is 12.3. The first-order valence-electron chi connectivity index (χ1n) is 4.92. The highest BCUT2D eigenvalue weighted by Gasteiger charge is 2.02. The number of nitrogens with one attached hydrogen (secondary N) is 1. The number of aromatic nitrogens is 1. The smallest absolute Gasteiger partial charge is 0.139 e. The third-order valence-electron chi connectivity index (χ3n) is 2.14. The maximum atomic E-state index is 5.95. The topological polar surface area (TPSA) is 34.1 Å². The summed E-state index contributed by atoms with van der Waals surface area (Å²) >= 11 is 9.27. The van der Waals surface area contributed by atoms with E-state index in [0.29, 0.717) is 10.8 Å². The first-order valence-corrected chi connectivity index (χ1v) is 6.09. The van der Waals surface area contributed by atoms with Gasteiger partial charge in [-0.3, -0.25) is 0 Å². The zero-order valence-corrected chi connectivity index (χ0v) is 11.4. The van der Waals surface area contributed by atoms with Crippen LogP contribution < -0.4 is 10.1 Å². The van der Waals surface area contributed by atoms with Gasteiger partial charge in [0.15, 0.2) is 0 Å². The predicted octanol–water partition coefficient (Wildman–Crippen LogP) is 4.25. The number of pyridine rings is 1. The minimum Gasteiger partial charge on any atom is -0.495 e. The highest BCUT2D eigenvalue weighted by Crippen LogP contribution is 2.28. The highest BCUT2D eigenvalue weighted by molar-refractivity contribution is 9.10. The Morgan fingerprint density at radius 1 is 1.29 bits per heavy atom. The van der Waals surface area contributed by atoms with E-state index in [0.717, 1.165) is 16.1 Å². The van der Waals surface area contributed by atoms with Gasteiger partial charge in [0.05, 0.1) is 12.1 Å². The summed E-state index contributed by atoms with van der Waals surface area (Å²) in [6.07, 6.45) is 0. The summed E-state index contributed by atoms with van der Waals surface area (Å²) in [4.78, 5) is 4.28. The molecule has 0 saturated carbocycles. The van der Waals surface area contributed by atoms with Crippen molar-refractivity contribution >= 4 is 39.0 Å². The Bertz CT molecular complexity index is 534. The van der Waals surface area contributed by atoms with Crippen molar-refractivity contribution in [1.29, 1.82) is 0 Å². The van der Waals surface area contributed by atoms with Crippen molar-refractivity contribution in [2.24, 2.45) is 0 Å². The van der Waals surface area contributed by atoms with Crippen molar-refractivity contribution in [3.05, 3.63) is 46.0 Å². The number of hydrogen-bond acceptors (Lipinski definition) is 3. The van der Waals surface area contributed by atoms with E-state index < -0.39 is 0 Å². The van der Waals surface area contributed by atoms with Gasteiger partial charge < -0.3 is 10.1 Å². The van der Waals surface area contributed by atoms with Crippen molar-refractivity contribution in [2.75, 3.05) is 12.4 Å². The first kappa shape index (κ1) is 12.2. The van der Waals surface area contributed by atoms with Crippen LogP contribution in [-0.4, -0.2) is 12.1 Å². The zero-order valence-electron chi connectivity index (χ0n) is 9.08. The third kappa shape index (κ3) is 3.11. The quantitative estimate of drug-likeness (QED) is 0.860. The second-order valence-electron chi connectivity index (χ2n) is 3.32. The van der Waals surface area contributed by atoms with Gasteiger partial charge in [-0.1, -0.05) is 17.7 Å². The fourth-order valence-corrected chi connectivity index (χ4v) is 1.90. The number of anilines is 2. The van der Waals surface area contributed by atoms with Gasteiger partial charge in [0, 0.05) is 11.8 Å². The minimum absolute atomic E-state index is 0.584. The summed E-state index contributed by atoms with van der Waals surface area (Å²) in [6, 6.07) is 11.1. The molecule has 1 aromatic carbocycles. The number of rotatable bonds is 3. The number of benzene rings is 1. The molecule has 5 heteroatoms. The molecule has 0 saturated heterocycles. The molecule has 0 aliphatic heterocycles. The van der Waals surface area contributed by atoms with E-state index in [-0.39, 0.29) is 0 Å². The molecule has 1 N–H and O–H groups in total. The van der Waals surface area contributed by atoms with Crippen LogP contribution in [0.4, 0.5) is 11.5 Å². The van der Waals surface area contributed by atoms with E-state index in [1.807, 2.05) is 30.3 Å². The molecular formula is C12H10BrClN2O. The van der Waals surface area contributed by atoms with E-state index in [9.17, 15) is 0 Å². The second kappa shape index (κ2) is 5.38. The maximum absolute atomic E-state index is 5.95. The molecule has 1 heterocycles. The standard InChI is InChI=1S/C12H10BrClN2O/c1-17-10-7-8(5-6-9(10)14)15-12-4-2-3-11(13)16-12/h2-7H,1H3,(H,15,16). The van der Waals surface area contributed by atoms with Gasteiger partial charge in [-0.2, -0.15) is 0 Å². The van der Waals surface area contributed by atoms with Crippen LogP contribution in [0, 0.1) is 0 Å². The Balaban J connectivity index is 2.24. The van der Waals surface area contributed by atoms with E-state index in [1.165, 1.54) is 0 Å². The Morgan fingerprint density at radius 2 is 2.12 bits per heavy atom. The van der Waals surface area contributed by atoms with Crippen molar-refractivity contribution in [1.82, 2.24) is 4.98 Å². The van der Waals surface area contributed by atoms with Crippen LogP contribution >= 0.6 is 27.5 Å². The Morgan fingerprint density at radius 3 is 2.82 bits per heavy atom. The molecule has 0 aliphatic rings. The van der Waals surface area contributed by atoms with Gasteiger partial charge in [-0.05, 0) is 40.2 Å². The van der Waals surface area contributed by atoms with Crippen LogP contribution in [0.3, 0.4) is 0 Å². The summed E-state index contributed by atoms with van der Waals surface area (Å²) in [5, 5.41) is 3.75. The summed E-state index contributed by atoms with van der Waals surface area (Å²) in [6.45, 7) is 0. The molecule has 3 nitrogen and oxygen atoms in total. The molecule has 2 rings (SSSR count).